The van der Waals surface area contributed by atoms with E-state index in [1.54, 1.807) is 0 Å². The molecule has 0 fully saturated rings. The molecule has 0 aromatic carbocycles. The summed E-state index contributed by atoms with van der Waals surface area (Å²) in [5.74, 6) is 0.802. The van der Waals surface area contributed by atoms with Gasteiger partial charge in [0.2, 0.25) is 5.90 Å². The van der Waals surface area contributed by atoms with Gasteiger partial charge in [0.25, 0.3) is 0 Å². The summed E-state index contributed by atoms with van der Waals surface area (Å²) in [6.45, 7) is 22.8. The lowest BCUT2D eigenvalue weighted by Crippen LogP contribution is -2.32. The number of rotatable bonds is 0. The Bertz CT molecular complexity index is 614. The summed E-state index contributed by atoms with van der Waals surface area (Å²) in [6, 6.07) is 0. The molecule has 1 aliphatic rings. The van der Waals surface area contributed by atoms with Gasteiger partial charge in [-0.3, -0.25) is 0 Å². The summed E-state index contributed by atoms with van der Waals surface area (Å²) in [5, 5.41) is 0. The minimum Gasteiger partial charge on any atom is -0.471 e. The highest BCUT2D eigenvalue weighted by molar-refractivity contribution is 5.97. The molecular formula is C19H32N2O. The van der Waals surface area contributed by atoms with Gasteiger partial charge in [0.15, 0.2) is 0 Å². The third-order valence-electron chi connectivity index (χ3n) is 3.91. The molecule has 1 aromatic heterocycles. The van der Waals surface area contributed by atoms with Crippen molar-refractivity contribution in [1.29, 1.82) is 0 Å². The van der Waals surface area contributed by atoms with Crippen molar-refractivity contribution in [1.82, 2.24) is 4.57 Å². The highest BCUT2D eigenvalue weighted by Crippen LogP contribution is 2.40. The molecule has 3 heteroatoms. The van der Waals surface area contributed by atoms with Gasteiger partial charge in [-0.15, -0.1) is 0 Å². The van der Waals surface area contributed by atoms with Crippen molar-refractivity contribution in [2.24, 2.45) is 4.99 Å². The van der Waals surface area contributed by atoms with Crippen molar-refractivity contribution in [3.8, 4) is 0 Å². The van der Waals surface area contributed by atoms with Crippen LogP contribution in [0, 0.1) is 6.92 Å². The molecule has 0 aliphatic carbocycles. The summed E-state index contributed by atoms with van der Waals surface area (Å²) < 4.78 is 8.41. The zero-order valence-electron chi connectivity index (χ0n) is 16.0. The smallest absolute Gasteiger partial charge is 0.234 e. The zero-order valence-corrected chi connectivity index (χ0v) is 16.0. The third-order valence-corrected chi connectivity index (χ3v) is 3.91. The SMILES string of the molecule is Cc1c2c(n(C(C)(C)C)c1C(C)(C)C)C(=NC(C)(C)C)OC2. The summed E-state index contributed by atoms with van der Waals surface area (Å²) in [7, 11) is 0. The molecule has 22 heavy (non-hydrogen) atoms. The number of fused-ring (bicyclic) bond motifs is 1. The van der Waals surface area contributed by atoms with Crippen molar-refractivity contribution in [2.45, 2.75) is 92.3 Å². The fourth-order valence-electron chi connectivity index (χ4n) is 3.30. The van der Waals surface area contributed by atoms with Crippen LogP contribution < -0.4 is 0 Å². The van der Waals surface area contributed by atoms with Gasteiger partial charge in [0.1, 0.15) is 12.3 Å². The van der Waals surface area contributed by atoms with Crippen molar-refractivity contribution < 1.29 is 4.74 Å². The van der Waals surface area contributed by atoms with Crippen LogP contribution in [0.25, 0.3) is 0 Å². The first-order chi connectivity index (χ1) is 9.73. The number of hydrogen-bond acceptors (Lipinski definition) is 2. The topological polar surface area (TPSA) is 26.5 Å². The zero-order chi connectivity index (χ0) is 17.1. The second-order valence-corrected chi connectivity index (χ2v) is 9.43. The average molecular weight is 304 g/mol. The highest BCUT2D eigenvalue weighted by Gasteiger charge is 2.38. The normalized spacial score (nSPS) is 17.8. The Morgan fingerprint density at radius 1 is 0.955 bits per heavy atom. The molecule has 2 heterocycles. The quantitative estimate of drug-likeness (QED) is 0.668. The molecule has 1 aliphatic heterocycles. The Hall–Kier alpha value is -1.25. The molecule has 2 rings (SSSR count). The van der Waals surface area contributed by atoms with E-state index in [0.717, 1.165) is 5.90 Å². The number of nitrogens with zero attached hydrogens (tertiary/aromatic N) is 2. The Kier molecular flexibility index (Phi) is 3.79. The highest BCUT2D eigenvalue weighted by atomic mass is 16.5. The monoisotopic (exact) mass is 304 g/mol. The molecule has 0 amide bonds. The van der Waals surface area contributed by atoms with E-state index in [0.29, 0.717) is 6.61 Å². The summed E-state index contributed by atoms with van der Waals surface area (Å²) in [6.07, 6.45) is 0. The van der Waals surface area contributed by atoms with E-state index in [9.17, 15) is 0 Å². The lowest BCUT2D eigenvalue weighted by molar-refractivity contribution is 0.300. The Morgan fingerprint density at radius 3 is 1.91 bits per heavy atom. The molecule has 124 valence electrons. The second-order valence-electron chi connectivity index (χ2n) is 9.43. The standard InChI is InChI=1S/C19H32N2O/c1-12-13-11-22-16(20-18(5,6)7)14(13)21(19(8,9)10)15(12)17(2,3)4/h11H2,1-10H3. The van der Waals surface area contributed by atoms with Crippen LogP contribution in [0.5, 0.6) is 0 Å². The van der Waals surface area contributed by atoms with E-state index in [1.165, 1.54) is 22.5 Å². The molecule has 0 atom stereocenters. The van der Waals surface area contributed by atoms with Crippen LogP contribution >= 0.6 is 0 Å². The maximum atomic E-state index is 5.95. The van der Waals surface area contributed by atoms with Gasteiger partial charge in [0.05, 0.1) is 5.54 Å². The van der Waals surface area contributed by atoms with E-state index in [4.69, 9.17) is 9.73 Å². The van der Waals surface area contributed by atoms with Gasteiger partial charge in [-0.25, -0.2) is 4.99 Å². The van der Waals surface area contributed by atoms with Crippen LogP contribution in [-0.2, 0) is 22.3 Å². The molecular weight excluding hydrogens is 272 g/mol. The number of aromatic nitrogens is 1. The Balaban J connectivity index is 2.81. The first kappa shape index (κ1) is 17.1. The van der Waals surface area contributed by atoms with Gasteiger partial charge >= 0.3 is 0 Å². The molecule has 0 unspecified atom stereocenters. The lowest BCUT2D eigenvalue weighted by Gasteiger charge is -2.33. The van der Waals surface area contributed by atoms with Crippen molar-refractivity contribution in [2.75, 3.05) is 0 Å². The first-order valence-electron chi connectivity index (χ1n) is 8.21. The average Bonchev–Trinajstić information content (AvgIpc) is 2.75. The van der Waals surface area contributed by atoms with Crippen LogP contribution in [0.1, 0.15) is 84.8 Å². The molecule has 0 spiro atoms. The summed E-state index contributed by atoms with van der Waals surface area (Å²) in [5.41, 5.74) is 5.20. The first-order valence-corrected chi connectivity index (χ1v) is 8.21. The third kappa shape index (κ3) is 2.95. The van der Waals surface area contributed by atoms with Crippen LogP contribution in [0.15, 0.2) is 4.99 Å². The summed E-state index contributed by atoms with van der Waals surface area (Å²) >= 11 is 0. The van der Waals surface area contributed by atoms with Crippen LogP contribution in [0.2, 0.25) is 0 Å². The van der Waals surface area contributed by atoms with Crippen molar-refractivity contribution in [3.63, 3.8) is 0 Å². The van der Waals surface area contributed by atoms with Crippen LogP contribution in [0.3, 0.4) is 0 Å². The molecule has 3 nitrogen and oxygen atoms in total. The van der Waals surface area contributed by atoms with Crippen molar-refractivity contribution in [3.05, 3.63) is 22.5 Å². The fourth-order valence-corrected chi connectivity index (χ4v) is 3.30. The van der Waals surface area contributed by atoms with E-state index < -0.39 is 0 Å². The lowest BCUT2D eigenvalue weighted by atomic mass is 9.88. The predicted octanol–water partition coefficient (Wildman–Crippen LogP) is 4.92. The number of aliphatic imine (C=N–C) groups is 1. The molecule has 0 saturated carbocycles. The second kappa shape index (κ2) is 4.87. The van der Waals surface area contributed by atoms with E-state index in [1.807, 2.05) is 0 Å². The molecule has 1 aromatic rings. The van der Waals surface area contributed by atoms with Gasteiger partial charge < -0.3 is 9.30 Å². The molecule has 0 N–H and O–H groups in total. The number of ether oxygens (including phenoxy) is 1. The largest absolute Gasteiger partial charge is 0.471 e. The van der Waals surface area contributed by atoms with Gasteiger partial charge in [-0.05, 0) is 54.0 Å². The van der Waals surface area contributed by atoms with Gasteiger partial charge in [0, 0.05) is 22.2 Å². The Labute approximate surface area is 135 Å². The minimum absolute atomic E-state index is 0.00664. The Morgan fingerprint density at radius 2 is 1.50 bits per heavy atom. The van der Waals surface area contributed by atoms with Gasteiger partial charge in [-0.1, -0.05) is 20.8 Å². The van der Waals surface area contributed by atoms with E-state index >= 15 is 0 Å². The number of hydrogen-bond donors (Lipinski definition) is 0. The van der Waals surface area contributed by atoms with Crippen LogP contribution in [-0.4, -0.2) is 16.0 Å². The maximum absolute atomic E-state index is 5.95. The maximum Gasteiger partial charge on any atom is 0.234 e. The fraction of sp³-hybridized carbons (Fsp3) is 0.737. The molecule has 0 radical (unpaired) electrons. The van der Waals surface area contributed by atoms with E-state index in [-0.39, 0.29) is 16.5 Å². The predicted molar refractivity (Wildman–Crippen MR) is 93.9 cm³/mol. The molecule has 0 bridgehead atoms. The minimum atomic E-state index is -0.139. The van der Waals surface area contributed by atoms with E-state index in [2.05, 4.69) is 73.8 Å². The van der Waals surface area contributed by atoms with Crippen molar-refractivity contribution >= 4 is 5.90 Å². The molecule has 0 saturated heterocycles. The summed E-state index contributed by atoms with van der Waals surface area (Å²) in [4.78, 5) is 4.83. The van der Waals surface area contributed by atoms with Gasteiger partial charge in [-0.2, -0.15) is 0 Å². The van der Waals surface area contributed by atoms with Crippen LogP contribution in [0.4, 0.5) is 0 Å².